The van der Waals surface area contributed by atoms with Gasteiger partial charge in [-0.05, 0) is 41.1 Å². The predicted molar refractivity (Wildman–Crippen MR) is 83.9 cm³/mol. The van der Waals surface area contributed by atoms with Crippen molar-refractivity contribution in [2.45, 2.75) is 11.5 Å². The van der Waals surface area contributed by atoms with Gasteiger partial charge in [0.15, 0.2) is 21.4 Å². The van der Waals surface area contributed by atoms with E-state index in [1.807, 2.05) is 0 Å². The lowest BCUT2D eigenvalue weighted by molar-refractivity contribution is 0.0749. The zero-order valence-corrected chi connectivity index (χ0v) is 13.7. The Balaban J connectivity index is 1.86. The van der Waals surface area contributed by atoms with E-state index < -0.39 is 15.7 Å². The maximum Gasteiger partial charge on any atom is 0.175 e. The lowest BCUT2D eigenvalue weighted by Crippen LogP contribution is -2.13. The van der Waals surface area contributed by atoms with E-state index in [1.165, 1.54) is 31.4 Å². The zero-order chi connectivity index (χ0) is 17.3. The van der Waals surface area contributed by atoms with Gasteiger partial charge in [0.2, 0.25) is 0 Å². The van der Waals surface area contributed by atoms with Crippen molar-refractivity contribution in [2.75, 3.05) is 13.4 Å². The topological polar surface area (TPSA) is 83.3 Å². The highest BCUT2D eigenvalue weighted by molar-refractivity contribution is 7.90. The van der Waals surface area contributed by atoms with Crippen LogP contribution in [0.5, 0.6) is 5.75 Å². The second kappa shape index (κ2) is 6.08. The molecular formula is C15H14FN3O4S. The van der Waals surface area contributed by atoms with Crippen molar-refractivity contribution in [1.29, 1.82) is 0 Å². The number of nitrogens with zero attached hydrogens (tertiary/aromatic N) is 3. The molecule has 0 radical (unpaired) electrons. The lowest BCUT2D eigenvalue weighted by Gasteiger charge is -2.07. The molecule has 0 spiro atoms. The highest BCUT2D eigenvalue weighted by atomic mass is 32.2. The average molecular weight is 351 g/mol. The summed E-state index contributed by atoms with van der Waals surface area (Å²) < 4.78 is 41.8. The van der Waals surface area contributed by atoms with Crippen molar-refractivity contribution in [3.8, 4) is 5.75 Å². The van der Waals surface area contributed by atoms with Crippen molar-refractivity contribution in [3.05, 3.63) is 47.8 Å². The fourth-order valence-corrected chi connectivity index (χ4v) is 2.78. The normalized spacial score (nSPS) is 11.6. The van der Waals surface area contributed by atoms with Crippen LogP contribution in [0, 0.1) is 5.82 Å². The van der Waals surface area contributed by atoms with Crippen LogP contribution in [0.3, 0.4) is 0 Å². The molecule has 2 aromatic carbocycles. The van der Waals surface area contributed by atoms with Crippen LogP contribution in [0.1, 0.15) is 5.56 Å². The number of methoxy groups -OCH3 is 1. The van der Waals surface area contributed by atoms with E-state index in [2.05, 4.69) is 10.3 Å². The van der Waals surface area contributed by atoms with Gasteiger partial charge in [-0.3, -0.25) is 0 Å². The van der Waals surface area contributed by atoms with E-state index in [9.17, 15) is 12.8 Å². The summed E-state index contributed by atoms with van der Waals surface area (Å²) in [7, 11) is -1.97. The standard InChI is InChI=1S/C15H14FN3O4S/c1-22-15-6-3-10(7-12(15)16)9-23-19-14-8-11(24(2,20)21)4-5-13(14)17-18-19/h3-8H,9H2,1-2H3. The minimum atomic E-state index is -3.36. The molecule has 0 aliphatic carbocycles. The molecule has 0 atom stereocenters. The molecule has 7 nitrogen and oxygen atoms in total. The Morgan fingerprint density at radius 2 is 2.00 bits per heavy atom. The molecular weight excluding hydrogens is 337 g/mol. The first kappa shape index (κ1) is 16.2. The quantitative estimate of drug-likeness (QED) is 0.694. The van der Waals surface area contributed by atoms with E-state index in [4.69, 9.17) is 9.57 Å². The van der Waals surface area contributed by atoms with E-state index in [-0.39, 0.29) is 17.3 Å². The van der Waals surface area contributed by atoms with Crippen LogP contribution in [-0.2, 0) is 16.4 Å². The monoisotopic (exact) mass is 351 g/mol. The maximum absolute atomic E-state index is 13.7. The fraction of sp³-hybridized carbons (Fsp3) is 0.200. The van der Waals surface area contributed by atoms with Gasteiger partial charge in [0, 0.05) is 6.26 Å². The number of fused-ring (bicyclic) bond motifs is 1. The lowest BCUT2D eigenvalue weighted by atomic mass is 10.2. The molecule has 1 aromatic heterocycles. The van der Waals surface area contributed by atoms with Crippen LogP contribution in [0.15, 0.2) is 41.3 Å². The fourth-order valence-electron chi connectivity index (χ4n) is 2.14. The molecule has 1 heterocycles. The highest BCUT2D eigenvalue weighted by Crippen LogP contribution is 2.19. The van der Waals surface area contributed by atoms with Crippen LogP contribution < -0.4 is 9.57 Å². The molecule has 0 saturated carbocycles. The number of ether oxygens (including phenoxy) is 1. The number of sulfone groups is 1. The molecule has 0 fully saturated rings. The SMILES string of the molecule is COc1ccc(COn2nnc3ccc(S(C)(=O)=O)cc32)cc1F. The Hall–Kier alpha value is -2.68. The van der Waals surface area contributed by atoms with Crippen LogP contribution >= 0.6 is 0 Å². The van der Waals surface area contributed by atoms with Gasteiger partial charge in [0.1, 0.15) is 17.6 Å². The molecule has 3 aromatic rings. The third kappa shape index (κ3) is 3.16. The molecule has 126 valence electrons. The summed E-state index contributed by atoms with van der Waals surface area (Å²) in [6.07, 6.45) is 1.11. The second-order valence-corrected chi connectivity index (χ2v) is 7.14. The number of aromatic nitrogens is 3. The first-order chi connectivity index (χ1) is 11.4. The molecule has 0 saturated heterocycles. The van der Waals surface area contributed by atoms with E-state index in [0.717, 1.165) is 11.1 Å². The molecule has 3 rings (SSSR count). The largest absolute Gasteiger partial charge is 0.494 e. The zero-order valence-electron chi connectivity index (χ0n) is 12.9. The second-order valence-electron chi connectivity index (χ2n) is 5.13. The van der Waals surface area contributed by atoms with Gasteiger partial charge in [0.05, 0.1) is 12.0 Å². The minimum Gasteiger partial charge on any atom is -0.494 e. The highest BCUT2D eigenvalue weighted by Gasteiger charge is 2.12. The number of hydrogen-bond donors (Lipinski definition) is 0. The molecule has 0 aliphatic heterocycles. The summed E-state index contributed by atoms with van der Waals surface area (Å²) >= 11 is 0. The van der Waals surface area contributed by atoms with Crippen molar-refractivity contribution in [2.24, 2.45) is 0 Å². The van der Waals surface area contributed by atoms with Crippen LogP contribution in [0.4, 0.5) is 4.39 Å². The Bertz CT molecular complexity index is 1000. The molecule has 24 heavy (non-hydrogen) atoms. The summed E-state index contributed by atoms with van der Waals surface area (Å²) in [4.78, 5) is 6.74. The summed E-state index contributed by atoms with van der Waals surface area (Å²) in [6.45, 7) is 0.0302. The van der Waals surface area contributed by atoms with Crippen molar-refractivity contribution < 1.29 is 22.4 Å². The van der Waals surface area contributed by atoms with Crippen LogP contribution in [0.2, 0.25) is 0 Å². The number of benzene rings is 2. The number of rotatable bonds is 5. The van der Waals surface area contributed by atoms with Crippen LogP contribution in [-0.4, -0.2) is 36.9 Å². The Morgan fingerprint density at radius 1 is 1.21 bits per heavy atom. The van der Waals surface area contributed by atoms with Gasteiger partial charge in [-0.15, -0.1) is 5.10 Å². The van der Waals surface area contributed by atoms with Crippen molar-refractivity contribution in [1.82, 2.24) is 15.2 Å². The Morgan fingerprint density at radius 3 is 2.67 bits per heavy atom. The predicted octanol–water partition coefficient (Wildman–Crippen LogP) is 1.61. The minimum absolute atomic E-state index is 0.0302. The van der Waals surface area contributed by atoms with Crippen molar-refractivity contribution in [3.63, 3.8) is 0 Å². The average Bonchev–Trinajstić information content (AvgIpc) is 2.94. The molecule has 0 bridgehead atoms. The van der Waals surface area contributed by atoms with Gasteiger partial charge >= 0.3 is 0 Å². The molecule has 9 heteroatoms. The summed E-state index contributed by atoms with van der Waals surface area (Å²) in [5.41, 5.74) is 1.46. The third-order valence-corrected chi connectivity index (χ3v) is 4.49. The summed E-state index contributed by atoms with van der Waals surface area (Å²) in [6, 6.07) is 8.87. The van der Waals surface area contributed by atoms with Crippen LogP contribution in [0.25, 0.3) is 11.0 Å². The van der Waals surface area contributed by atoms with E-state index in [0.29, 0.717) is 16.6 Å². The third-order valence-electron chi connectivity index (χ3n) is 3.38. The molecule has 0 N–H and O–H groups in total. The number of halogens is 1. The first-order valence-corrected chi connectivity index (χ1v) is 8.79. The Kier molecular flexibility index (Phi) is 4.10. The van der Waals surface area contributed by atoms with Gasteiger partial charge < -0.3 is 9.57 Å². The summed E-state index contributed by atoms with van der Waals surface area (Å²) in [5.74, 6) is -0.357. The van der Waals surface area contributed by atoms with Gasteiger partial charge in [0.25, 0.3) is 0 Å². The summed E-state index contributed by atoms with van der Waals surface area (Å²) in [5, 5.41) is 7.72. The van der Waals surface area contributed by atoms with Gasteiger partial charge in [-0.25, -0.2) is 12.8 Å². The maximum atomic E-state index is 13.7. The van der Waals surface area contributed by atoms with E-state index >= 15 is 0 Å². The van der Waals surface area contributed by atoms with Crippen molar-refractivity contribution >= 4 is 20.9 Å². The smallest absolute Gasteiger partial charge is 0.175 e. The molecule has 0 unspecified atom stereocenters. The van der Waals surface area contributed by atoms with Gasteiger partial charge in [-0.1, -0.05) is 10.9 Å². The van der Waals surface area contributed by atoms with E-state index in [1.54, 1.807) is 12.1 Å². The number of hydrogen-bond acceptors (Lipinski definition) is 6. The van der Waals surface area contributed by atoms with Gasteiger partial charge in [-0.2, -0.15) is 0 Å². The Labute approximate surface area is 137 Å². The molecule has 0 amide bonds. The molecule has 0 aliphatic rings. The first-order valence-electron chi connectivity index (χ1n) is 6.90.